The van der Waals surface area contributed by atoms with Crippen molar-refractivity contribution in [2.45, 2.75) is 57.5 Å². The molecule has 0 radical (unpaired) electrons. The van der Waals surface area contributed by atoms with Crippen molar-refractivity contribution in [2.75, 3.05) is 18.0 Å². The van der Waals surface area contributed by atoms with Crippen molar-refractivity contribution in [1.29, 1.82) is 0 Å². The van der Waals surface area contributed by atoms with Crippen molar-refractivity contribution in [2.24, 2.45) is 5.73 Å². The smallest absolute Gasteiger partial charge is 0.310 e. The molecule has 2 rings (SSSR count). The van der Waals surface area contributed by atoms with E-state index in [1.54, 1.807) is 12.3 Å². The molecule has 1 saturated heterocycles. The molecule has 0 aromatic carbocycles. The number of nitrogens with zero attached hydrogens (tertiary/aromatic N) is 3. The van der Waals surface area contributed by atoms with Gasteiger partial charge in [-0.05, 0) is 30.6 Å². The van der Waals surface area contributed by atoms with Crippen LogP contribution in [0.2, 0.25) is 18.1 Å². The molecule has 24 heavy (non-hydrogen) atoms. The van der Waals surface area contributed by atoms with Crippen molar-refractivity contribution in [3.05, 3.63) is 28.6 Å². The summed E-state index contributed by atoms with van der Waals surface area (Å²) in [6, 6.07) is 1.51. The molecule has 0 aliphatic carbocycles. The molecular formula is C16H28N4O3Si. The molecule has 2 atom stereocenters. The molecule has 0 amide bonds. The quantitative estimate of drug-likeness (QED) is 0.508. The van der Waals surface area contributed by atoms with Gasteiger partial charge in [0.25, 0.3) is 0 Å². The normalized spacial score (nSPS) is 22.5. The Hall–Kier alpha value is -1.51. The molecule has 0 unspecified atom stereocenters. The van der Waals surface area contributed by atoms with Gasteiger partial charge in [0.15, 0.2) is 8.32 Å². The minimum Gasteiger partial charge on any atom is -0.412 e. The largest absolute Gasteiger partial charge is 0.412 e. The second kappa shape index (κ2) is 6.77. The molecule has 0 saturated carbocycles. The summed E-state index contributed by atoms with van der Waals surface area (Å²) in [7, 11) is -1.88. The van der Waals surface area contributed by atoms with Crippen LogP contribution in [0.5, 0.6) is 0 Å². The van der Waals surface area contributed by atoms with Crippen LogP contribution < -0.4 is 10.6 Å². The maximum Gasteiger partial charge on any atom is 0.310 e. The molecule has 0 bridgehead atoms. The van der Waals surface area contributed by atoms with Crippen LogP contribution in [0.1, 0.15) is 27.2 Å². The lowest BCUT2D eigenvalue weighted by Crippen LogP contribution is -2.56. The van der Waals surface area contributed by atoms with Crippen LogP contribution in [0.25, 0.3) is 0 Å². The standard InChI is InChI=1S/C16H28N4O3Si/c1-16(2,3)24(4,5)23-15-7-9-19(11-12(15)17)13-6-8-18-10-14(13)20(21)22/h6,8,10,12,15H,7,9,11,17H2,1-5H3/t12-,15-/m1/s1. The number of hydrogen-bond donors (Lipinski definition) is 1. The zero-order chi connectivity index (χ0) is 18.1. The van der Waals surface area contributed by atoms with Gasteiger partial charge in [0, 0.05) is 25.3 Å². The Kier molecular flexibility index (Phi) is 5.31. The van der Waals surface area contributed by atoms with Crippen molar-refractivity contribution in [3.63, 3.8) is 0 Å². The Morgan fingerprint density at radius 1 is 1.46 bits per heavy atom. The van der Waals surface area contributed by atoms with Crippen molar-refractivity contribution in [1.82, 2.24) is 4.98 Å². The fourth-order valence-electron chi connectivity index (χ4n) is 2.67. The van der Waals surface area contributed by atoms with Crippen LogP contribution in [0, 0.1) is 10.1 Å². The van der Waals surface area contributed by atoms with Crippen LogP contribution in [-0.4, -0.2) is 43.5 Å². The summed E-state index contributed by atoms with van der Waals surface area (Å²) in [6.45, 7) is 12.3. The maximum atomic E-state index is 11.2. The third-order valence-corrected chi connectivity index (χ3v) is 9.66. The van der Waals surface area contributed by atoms with Gasteiger partial charge in [-0.1, -0.05) is 20.8 Å². The Bertz CT molecular complexity index is 603. The lowest BCUT2D eigenvalue weighted by Gasteiger charge is -2.44. The van der Waals surface area contributed by atoms with Crippen molar-refractivity contribution in [3.8, 4) is 0 Å². The zero-order valence-corrected chi connectivity index (χ0v) is 16.2. The number of hydrogen-bond acceptors (Lipinski definition) is 6. The highest BCUT2D eigenvalue weighted by Crippen LogP contribution is 2.39. The molecule has 134 valence electrons. The van der Waals surface area contributed by atoms with E-state index in [0.717, 1.165) is 6.42 Å². The highest BCUT2D eigenvalue weighted by Gasteiger charge is 2.41. The first kappa shape index (κ1) is 18.8. The van der Waals surface area contributed by atoms with Crippen LogP contribution in [0.15, 0.2) is 18.5 Å². The molecule has 8 heteroatoms. The fourth-order valence-corrected chi connectivity index (χ4v) is 4.07. The molecule has 1 aromatic rings. The van der Waals surface area contributed by atoms with E-state index < -0.39 is 13.2 Å². The Labute approximate surface area is 144 Å². The third kappa shape index (κ3) is 3.93. The van der Waals surface area contributed by atoms with Gasteiger partial charge in [-0.25, -0.2) is 0 Å². The predicted molar refractivity (Wildman–Crippen MR) is 97.8 cm³/mol. The first-order valence-corrected chi connectivity index (χ1v) is 11.2. The highest BCUT2D eigenvalue weighted by atomic mass is 28.4. The van der Waals surface area contributed by atoms with Gasteiger partial charge in [-0.3, -0.25) is 15.1 Å². The summed E-state index contributed by atoms with van der Waals surface area (Å²) in [5, 5.41) is 11.3. The van der Waals surface area contributed by atoms with E-state index in [2.05, 4.69) is 38.8 Å². The molecular weight excluding hydrogens is 324 g/mol. The molecule has 7 nitrogen and oxygen atoms in total. The number of rotatable bonds is 4. The first-order valence-electron chi connectivity index (χ1n) is 8.29. The Morgan fingerprint density at radius 3 is 2.67 bits per heavy atom. The maximum absolute atomic E-state index is 11.2. The van der Waals surface area contributed by atoms with Gasteiger partial charge in [0.1, 0.15) is 11.9 Å². The predicted octanol–water partition coefficient (Wildman–Crippen LogP) is 2.92. The van der Waals surface area contributed by atoms with E-state index in [4.69, 9.17) is 10.2 Å². The van der Waals surface area contributed by atoms with Crippen LogP contribution in [0.4, 0.5) is 11.4 Å². The van der Waals surface area contributed by atoms with E-state index in [1.807, 2.05) is 4.90 Å². The van der Waals surface area contributed by atoms with Gasteiger partial charge in [-0.2, -0.15) is 0 Å². The Morgan fingerprint density at radius 2 is 2.12 bits per heavy atom. The lowest BCUT2D eigenvalue weighted by atomic mass is 10.0. The monoisotopic (exact) mass is 352 g/mol. The molecule has 2 N–H and O–H groups in total. The lowest BCUT2D eigenvalue weighted by molar-refractivity contribution is -0.384. The number of anilines is 1. The van der Waals surface area contributed by atoms with E-state index in [0.29, 0.717) is 18.8 Å². The molecule has 1 fully saturated rings. The van der Waals surface area contributed by atoms with E-state index in [-0.39, 0.29) is 22.9 Å². The minimum atomic E-state index is -1.88. The molecule has 2 heterocycles. The van der Waals surface area contributed by atoms with Crippen molar-refractivity contribution < 1.29 is 9.35 Å². The number of nitro groups is 1. The summed E-state index contributed by atoms with van der Waals surface area (Å²) in [5.41, 5.74) is 6.96. The SMILES string of the molecule is CC(C)(C)[Si](C)(C)O[C@@H]1CCN(c2ccncc2[N+](=O)[O-])C[C@H]1N. The number of nitrogens with two attached hydrogens (primary N) is 1. The third-order valence-electron chi connectivity index (χ3n) is 5.16. The van der Waals surface area contributed by atoms with Crippen LogP contribution in [0.3, 0.4) is 0 Å². The second-order valence-corrected chi connectivity index (χ2v) is 12.7. The van der Waals surface area contributed by atoms with E-state index in [9.17, 15) is 10.1 Å². The summed E-state index contributed by atoms with van der Waals surface area (Å²) in [6.07, 6.45) is 3.64. The summed E-state index contributed by atoms with van der Waals surface area (Å²) in [5.74, 6) is 0. The van der Waals surface area contributed by atoms with Crippen molar-refractivity contribution >= 4 is 19.7 Å². The van der Waals surface area contributed by atoms with Gasteiger partial charge in [0.05, 0.1) is 11.0 Å². The summed E-state index contributed by atoms with van der Waals surface area (Å²) >= 11 is 0. The van der Waals surface area contributed by atoms with E-state index in [1.165, 1.54) is 6.20 Å². The fraction of sp³-hybridized carbons (Fsp3) is 0.688. The number of aromatic nitrogens is 1. The average Bonchev–Trinajstić information content (AvgIpc) is 2.48. The van der Waals surface area contributed by atoms with E-state index >= 15 is 0 Å². The molecule has 0 spiro atoms. The van der Waals surface area contributed by atoms with Gasteiger partial charge >= 0.3 is 5.69 Å². The molecule has 1 aromatic heterocycles. The van der Waals surface area contributed by atoms with Gasteiger partial charge in [-0.15, -0.1) is 0 Å². The summed E-state index contributed by atoms with van der Waals surface area (Å²) in [4.78, 5) is 16.6. The second-order valence-electron chi connectivity index (χ2n) is 7.94. The zero-order valence-electron chi connectivity index (χ0n) is 15.2. The minimum absolute atomic E-state index is 0.00281. The highest BCUT2D eigenvalue weighted by molar-refractivity contribution is 6.74. The van der Waals surface area contributed by atoms with Gasteiger partial charge in [0.2, 0.25) is 0 Å². The van der Waals surface area contributed by atoms with Crippen LogP contribution in [-0.2, 0) is 4.43 Å². The number of piperidine rings is 1. The number of pyridine rings is 1. The average molecular weight is 353 g/mol. The molecule has 1 aliphatic rings. The summed E-state index contributed by atoms with van der Waals surface area (Å²) < 4.78 is 6.46. The van der Waals surface area contributed by atoms with Crippen LogP contribution >= 0.6 is 0 Å². The molecule has 1 aliphatic heterocycles. The first-order chi connectivity index (χ1) is 11.0. The Balaban J connectivity index is 2.10. The van der Waals surface area contributed by atoms with Gasteiger partial charge < -0.3 is 15.1 Å². The topological polar surface area (TPSA) is 94.5 Å².